The molecule has 1 saturated carbocycles. The Hall–Kier alpha value is -1.92. The molecule has 2 aromatic rings. The number of rotatable bonds is 5. The third kappa shape index (κ3) is 3.85. The first-order chi connectivity index (χ1) is 12.3. The summed E-state index contributed by atoms with van der Waals surface area (Å²) in [5, 5.41) is 2.02. The number of hydrogen-bond donors (Lipinski definition) is 0. The molecule has 3 atom stereocenters. The first-order valence-electron chi connectivity index (χ1n) is 8.77. The number of fused-ring (bicyclic) bond motifs is 1. The maximum atomic E-state index is 12.7. The Morgan fingerprint density at radius 3 is 3.08 bits per heavy atom. The van der Waals surface area contributed by atoms with Gasteiger partial charge < -0.3 is 14.4 Å². The van der Waals surface area contributed by atoms with Crippen LogP contribution in [0.15, 0.2) is 41.9 Å². The van der Waals surface area contributed by atoms with Gasteiger partial charge in [-0.05, 0) is 36.3 Å². The second-order valence-electron chi connectivity index (χ2n) is 6.64. The molecular formula is C19H22N2O3S. The van der Waals surface area contributed by atoms with Gasteiger partial charge in [-0.25, -0.2) is 4.98 Å². The van der Waals surface area contributed by atoms with Gasteiger partial charge in [0.25, 0.3) is 0 Å². The molecule has 0 N–H and O–H groups in total. The van der Waals surface area contributed by atoms with Gasteiger partial charge in [-0.15, -0.1) is 11.3 Å². The van der Waals surface area contributed by atoms with E-state index in [2.05, 4.69) is 4.98 Å². The molecule has 132 valence electrons. The summed E-state index contributed by atoms with van der Waals surface area (Å²) in [6.45, 7) is 1.95. The molecule has 2 fully saturated rings. The molecule has 2 aromatic heterocycles. The predicted octanol–water partition coefficient (Wildman–Crippen LogP) is 2.77. The molecule has 1 saturated heterocycles. The van der Waals surface area contributed by atoms with Gasteiger partial charge in [-0.2, -0.15) is 0 Å². The number of hydrogen-bond acceptors (Lipinski definition) is 5. The lowest BCUT2D eigenvalue weighted by Gasteiger charge is -2.37. The number of carbonyl (C=O) groups is 1. The van der Waals surface area contributed by atoms with Crippen molar-refractivity contribution in [3.8, 4) is 5.88 Å². The lowest BCUT2D eigenvalue weighted by Crippen LogP contribution is -2.51. The van der Waals surface area contributed by atoms with Crippen molar-refractivity contribution < 1.29 is 14.3 Å². The lowest BCUT2D eigenvalue weighted by atomic mass is 10.1. The fourth-order valence-corrected chi connectivity index (χ4v) is 4.49. The maximum absolute atomic E-state index is 12.7. The molecule has 6 heteroatoms. The SMILES string of the molecule is O=C(Cc1cccs1)N1CCO[C@@H]2C[C@@H](COc3ccccn3)C[C@@H]21. The molecule has 0 bridgehead atoms. The third-order valence-corrected chi connectivity index (χ3v) is 5.84. The lowest BCUT2D eigenvalue weighted by molar-refractivity contribution is -0.143. The minimum atomic E-state index is 0.137. The van der Waals surface area contributed by atoms with E-state index in [4.69, 9.17) is 9.47 Å². The van der Waals surface area contributed by atoms with Crippen LogP contribution in [0.4, 0.5) is 0 Å². The summed E-state index contributed by atoms with van der Waals surface area (Å²) in [5.74, 6) is 1.27. The second-order valence-corrected chi connectivity index (χ2v) is 7.67. The van der Waals surface area contributed by atoms with E-state index in [9.17, 15) is 4.79 Å². The summed E-state index contributed by atoms with van der Waals surface area (Å²) >= 11 is 1.64. The topological polar surface area (TPSA) is 51.7 Å². The summed E-state index contributed by atoms with van der Waals surface area (Å²) in [7, 11) is 0. The van der Waals surface area contributed by atoms with Crippen LogP contribution in [0.2, 0.25) is 0 Å². The molecule has 5 nitrogen and oxygen atoms in total. The molecule has 4 rings (SSSR count). The van der Waals surface area contributed by atoms with Gasteiger partial charge in [0.1, 0.15) is 0 Å². The van der Waals surface area contributed by atoms with Crippen LogP contribution in [0.25, 0.3) is 0 Å². The van der Waals surface area contributed by atoms with Gasteiger partial charge in [-0.3, -0.25) is 4.79 Å². The summed E-state index contributed by atoms with van der Waals surface area (Å²) in [6.07, 6.45) is 4.25. The molecule has 25 heavy (non-hydrogen) atoms. The highest BCUT2D eigenvalue weighted by Crippen LogP contribution is 2.35. The smallest absolute Gasteiger partial charge is 0.228 e. The Kier molecular flexibility index (Phi) is 4.99. The van der Waals surface area contributed by atoms with Crippen molar-refractivity contribution in [3.63, 3.8) is 0 Å². The van der Waals surface area contributed by atoms with E-state index in [1.165, 1.54) is 0 Å². The molecule has 1 aliphatic heterocycles. The molecular weight excluding hydrogens is 336 g/mol. The van der Waals surface area contributed by atoms with Crippen LogP contribution < -0.4 is 4.74 Å². The first kappa shape index (κ1) is 16.5. The maximum Gasteiger partial charge on any atom is 0.228 e. The Morgan fingerprint density at radius 1 is 1.32 bits per heavy atom. The van der Waals surface area contributed by atoms with E-state index in [1.807, 2.05) is 40.6 Å². The summed E-state index contributed by atoms with van der Waals surface area (Å²) in [5.41, 5.74) is 0. The van der Waals surface area contributed by atoms with Crippen LogP contribution in [0, 0.1) is 5.92 Å². The third-order valence-electron chi connectivity index (χ3n) is 4.96. The normalized spacial score (nSPS) is 25.6. The van der Waals surface area contributed by atoms with Crippen LogP contribution in [0.3, 0.4) is 0 Å². The van der Waals surface area contributed by atoms with Crippen LogP contribution in [-0.2, 0) is 16.0 Å². The largest absolute Gasteiger partial charge is 0.477 e. The van der Waals surface area contributed by atoms with Crippen molar-refractivity contribution in [2.75, 3.05) is 19.8 Å². The Balaban J connectivity index is 1.35. The van der Waals surface area contributed by atoms with Gasteiger partial charge in [0.2, 0.25) is 11.8 Å². The van der Waals surface area contributed by atoms with Gasteiger partial charge in [0, 0.05) is 23.7 Å². The highest BCUT2D eigenvalue weighted by molar-refractivity contribution is 7.10. The van der Waals surface area contributed by atoms with Crippen LogP contribution in [0.1, 0.15) is 17.7 Å². The Labute approximate surface area is 151 Å². The molecule has 0 aromatic carbocycles. The van der Waals surface area contributed by atoms with E-state index in [1.54, 1.807) is 17.5 Å². The molecule has 0 spiro atoms. The van der Waals surface area contributed by atoms with Crippen molar-refractivity contribution in [2.24, 2.45) is 5.92 Å². The second kappa shape index (κ2) is 7.54. The monoisotopic (exact) mass is 358 g/mol. The van der Waals surface area contributed by atoms with Gasteiger partial charge >= 0.3 is 0 Å². The zero-order valence-electron chi connectivity index (χ0n) is 14.0. The molecule has 1 amide bonds. The van der Waals surface area contributed by atoms with Gasteiger partial charge in [0.05, 0.1) is 31.8 Å². The Bertz CT molecular complexity index is 692. The minimum Gasteiger partial charge on any atom is -0.477 e. The summed E-state index contributed by atoms with van der Waals surface area (Å²) < 4.78 is 11.7. The zero-order chi connectivity index (χ0) is 17.1. The number of ether oxygens (including phenoxy) is 2. The highest BCUT2D eigenvalue weighted by Gasteiger charge is 2.42. The van der Waals surface area contributed by atoms with E-state index in [-0.39, 0.29) is 18.1 Å². The fraction of sp³-hybridized carbons (Fsp3) is 0.474. The zero-order valence-corrected chi connectivity index (χ0v) is 14.9. The number of thiophene rings is 1. The molecule has 0 radical (unpaired) electrons. The van der Waals surface area contributed by atoms with Gasteiger partial charge in [0.15, 0.2) is 0 Å². The predicted molar refractivity (Wildman–Crippen MR) is 95.7 cm³/mol. The highest BCUT2D eigenvalue weighted by atomic mass is 32.1. The molecule has 1 aliphatic carbocycles. The van der Waals surface area contributed by atoms with E-state index in [0.29, 0.717) is 38.0 Å². The molecule has 2 aliphatic rings. The quantitative estimate of drug-likeness (QED) is 0.825. The number of aromatic nitrogens is 1. The van der Waals surface area contributed by atoms with E-state index < -0.39 is 0 Å². The van der Waals surface area contributed by atoms with Crippen LogP contribution in [-0.4, -0.2) is 47.7 Å². The molecule has 3 heterocycles. The number of carbonyl (C=O) groups excluding carboxylic acids is 1. The fourth-order valence-electron chi connectivity index (χ4n) is 3.80. The van der Waals surface area contributed by atoms with Crippen molar-refractivity contribution in [1.29, 1.82) is 0 Å². The van der Waals surface area contributed by atoms with Crippen molar-refractivity contribution in [2.45, 2.75) is 31.4 Å². The number of nitrogens with zero attached hydrogens (tertiary/aromatic N) is 2. The standard InChI is InChI=1S/C19H22N2O3S/c22-19(12-15-4-3-9-25-15)21-7-8-23-17-11-14(10-16(17)21)13-24-18-5-1-2-6-20-18/h1-6,9,14,16-17H,7-8,10-13H2/t14-,16-,17+/m0/s1. The van der Waals surface area contributed by atoms with Crippen LogP contribution in [0.5, 0.6) is 5.88 Å². The van der Waals surface area contributed by atoms with Gasteiger partial charge in [-0.1, -0.05) is 12.1 Å². The van der Waals surface area contributed by atoms with Crippen molar-refractivity contribution in [3.05, 3.63) is 46.8 Å². The van der Waals surface area contributed by atoms with Crippen LogP contribution >= 0.6 is 11.3 Å². The molecule has 0 unspecified atom stereocenters. The first-order valence-corrected chi connectivity index (χ1v) is 9.65. The number of amides is 1. The average Bonchev–Trinajstić information content (AvgIpc) is 3.29. The van der Waals surface area contributed by atoms with E-state index >= 15 is 0 Å². The number of morpholine rings is 1. The van der Waals surface area contributed by atoms with Crippen molar-refractivity contribution in [1.82, 2.24) is 9.88 Å². The summed E-state index contributed by atoms with van der Waals surface area (Å²) in [6, 6.07) is 9.87. The number of pyridine rings is 1. The Morgan fingerprint density at radius 2 is 2.28 bits per heavy atom. The minimum absolute atomic E-state index is 0.137. The van der Waals surface area contributed by atoms with E-state index in [0.717, 1.165) is 17.7 Å². The van der Waals surface area contributed by atoms with Crippen molar-refractivity contribution >= 4 is 17.2 Å². The average molecular weight is 358 g/mol. The summed E-state index contributed by atoms with van der Waals surface area (Å²) in [4.78, 5) is 20.1.